The summed E-state index contributed by atoms with van der Waals surface area (Å²) in [6.45, 7) is 1.55. The van der Waals surface area contributed by atoms with Gasteiger partial charge < -0.3 is 20.7 Å². The zero-order valence-electron chi connectivity index (χ0n) is 16.1. The van der Waals surface area contributed by atoms with Crippen molar-refractivity contribution in [2.75, 3.05) is 29.2 Å². The Hall–Kier alpha value is -3.64. The molecule has 3 rings (SSSR count). The van der Waals surface area contributed by atoms with Gasteiger partial charge in [0.15, 0.2) is 0 Å². The van der Waals surface area contributed by atoms with E-state index in [9.17, 15) is 9.59 Å². The van der Waals surface area contributed by atoms with Crippen molar-refractivity contribution in [2.24, 2.45) is 0 Å². The highest BCUT2D eigenvalue weighted by atomic mass is 16.5. The fourth-order valence-electron chi connectivity index (χ4n) is 2.68. The number of ether oxygens (including phenoxy) is 1. The van der Waals surface area contributed by atoms with Gasteiger partial charge in [0.2, 0.25) is 11.8 Å². The third-order valence-corrected chi connectivity index (χ3v) is 4.00. The van der Waals surface area contributed by atoms with E-state index in [0.717, 1.165) is 16.9 Å². The third-order valence-electron chi connectivity index (χ3n) is 4.00. The quantitative estimate of drug-likeness (QED) is 0.536. The fraction of sp³-hybridized carbons (Fsp3) is 0.130. The predicted octanol–water partition coefficient (Wildman–Crippen LogP) is 4.33. The molecule has 148 valence electrons. The van der Waals surface area contributed by atoms with Crippen LogP contribution in [-0.4, -0.2) is 25.0 Å². The van der Waals surface area contributed by atoms with Crippen LogP contribution in [-0.2, 0) is 14.3 Å². The average Bonchev–Trinajstić information content (AvgIpc) is 2.70. The van der Waals surface area contributed by atoms with Gasteiger partial charge in [0.05, 0.1) is 0 Å². The maximum Gasteiger partial charge on any atom is 0.250 e. The van der Waals surface area contributed by atoms with Gasteiger partial charge in [-0.25, -0.2) is 0 Å². The molecule has 0 aliphatic heterocycles. The van der Waals surface area contributed by atoms with E-state index in [1.54, 1.807) is 18.2 Å². The Bertz CT molecular complexity index is 957. The molecule has 0 heterocycles. The SMILES string of the molecule is Cc1cccc(NC(=O)COCC(=O)Nc2ccc(Nc3ccccc3)cc2)c1. The van der Waals surface area contributed by atoms with Crippen molar-refractivity contribution in [3.05, 3.63) is 84.4 Å². The molecule has 0 bridgehead atoms. The molecule has 3 aromatic rings. The number of anilines is 4. The van der Waals surface area contributed by atoms with E-state index in [-0.39, 0.29) is 25.0 Å². The van der Waals surface area contributed by atoms with E-state index in [2.05, 4.69) is 16.0 Å². The number of amides is 2. The monoisotopic (exact) mass is 389 g/mol. The van der Waals surface area contributed by atoms with Gasteiger partial charge in [0.25, 0.3) is 0 Å². The van der Waals surface area contributed by atoms with E-state index in [1.165, 1.54) is 0 Å². The average molecular weight is 389 g/mol. The van der Waals surface area contributed by atoms with Crippen LogP contribution in [0.2, 0.25) is 0 Å². The van der Waals surface area contributed by atoms with E-state index in [0.29, 0.717) is 11.4 Å². The van der Waals surface area contributed by atoms with Crippen LogP contribution >= 0.6 is 0 Å². The van der Waals surface area contributed by atoms with Crippen LogP contribution in [0.1, 0.15) is 5.56 Å². The lowest BCUT2D eigenvalue weighted by molar-refractivity contribution is -0.125. The molecular formula is C23H23N3O3. The normalized spacial score (nSPS) is 10.2. The summed E-state index contributed by atoms with van der Waals surface area (Å²) in [5.41, 5.74) is 4.31. The highest BCUT2D eigenvalue weighted by molar-refractivity contribution is 5.93. The molecule has 0 aliphatic rings. The Balaban J connectivity index is 1.39. The number of rotatable bonds is 8. The third kappa shape index (κ3) is 6.79. The summed E-state index contributed by atoms with van der Waals surface area (Å²) in [5.74, 6) is -0.628. The molecule has 0 aliphatic carbocycles. The number of nitrogens with one attached hydrogen (secondary N) is 3. The molecule has 0 atom stereocenters. The lowest BCUT2D eigenvalue weighted by atomic mass is 10.2. The summed E-state index contributed by atoms with van der Waals surface area (Å²) in [5, 5.41) is 8.74. The highest BCUT2D eigenvalue weighted by Gasteiger charge is 2.07. The van der Waals surface area contributed by atoms with Gasteiger partial charge in [-0.1, -0.05) is 30.3 Å². The minimum atomic E-state index is -0.322. The maximum atomic E-state index is 12.0. The first-order valence-corrected chi connectivity index (χ1v) is 9.25. The van der Waals surface area contributed by atoms with E-state index in [1.807, 2.05) is 67.6 Å². The van der Waals surface area contributed by atoms with Crippen LogP contribution in [0.3, 0.4) is 0 Å². The standard InChI is InChI=1S/C23H23N3O3/c1-17-6-5-9-21(14-17)26-23(28)16-29-15-22(27)25-20-12-10-19(11-13-20)24-18-7-3-2-4-8-18/h2-14,24H,15-16H2,1H3,(H,25,27)(H,26,28). The van der Waals surface area contributed by atoms with Crippen molar-refractivity contribution >= 4 is 34.6 Å². The summed E-state index contributed by atoms with van der Waals surface area (Å²) in [7, 11) is 0. The number of hydrogen-bond donors (Lipinski definition) is 3. The topological polar surface area (TPSA) is 79.5 Å². The second kappa shape index (κ2) is 10.1. The zero-order valence-corrected chi connectivity index (χ0v) is 16.1. The largest absolute Gasteiger partial charge is 0.362 e. The molecular weight excluding hydrogens is 366 g/mol. The molecule has 0 aromatic heterocycles. The van der Waals surface area contributed by atoms with Crippen molar-refractivity contribution in [1.82, 2.24) is 0 Å². The minimum absolute atomic E-state index is 0.193. The summed E-state index contributed by atoms with van der Waals surface area (Å²) in [4.78, 5) is 23.9. The smallest absolute Gasteiger partial charge is 0.250 e. The van der Waals surface area contributed by atoms with Crippen molar-refractivity contribution in [3.8, 4) is 0 Å². The lowest BCUT2D eigenvalue weighted by Crippen LogP contribution is -2.23. The Morgan fingerprint density at radius 3 is 1.90 bits per heavy atom. The summed E-state index contributed by atoms with van der Waals surface area (Å²) < 4.78 is 5.20. The molecule has 6 heteroatoms. The van der Waals surface area contributed by atoms with Gasteiger partial charge >= 0.3 is 0 Å². The number of hydrogen-bond acceptors (Lipinski definition) is 4. The van der Waals surface area contributed by atoms with Crippen LogP contribution in [0.15, 0.2) is 78.9 Å². The Morgan fingerprint density at radius 2 is 1.24 bits per heavy atom. The molecule has 0 fully saturated rings. The highest BCUT2D eigenvalue weighted by Crippen LogP contribution is 2.18. The van der Waals surface area contributed by atoms with Crippen molar-refractivity contribution in [3.63, 3.8) is 0 Å². The van der Waals surface area contributed by atoms with Crippen LogP contribution in [0.5, 0.6) is 0 Å². The first-order chi connectivity index (χ1) is 14.1. The number of benzene rings is 3. The Kier molecular flexibility index (Phi) is 6.97. The van der Waals surface area contributed by atoms with Crippen LogP contribution in [0.25, 0.3) is 0 Å². The van der Waals surface area contributed by atoms with Gasteiger partial charge in [-0.2, -0.15) is 0 Å². The number of aryl methyl sites for hydroxylation is 1. The van der Waals surface area contributed by atoms with E-state index < -0.39 is 0 Å². The van der Waals surface area contributed by atoms with Gasteiger partial charge in [-0.3, -0.25) is 9.59 Å². The van der Waals surface area contributed by atoms with Crippen LogP contribution in [0, 0.1) is 6.92 Å². The Labute approximate surface area is 169 Å². The van der Waals surface area contributed by atoms with Gasteiger partial charge in [0, 0.05) is 22.7 Å². The lowest BCUT2D eigenvalue weighted by Gasteiger charge is -2.09. The zero-order chi connectivity index (χ0) is 20.5. The van der Waals surface area contributed by atoms with Crippen LogP contribution < -0.4 is 16.0 Å². The summed E-state index contributed by atoms with van der Waals surface area (Å²) >= 11 is 0. The predicted molar refractivity (Wildman–Crippen MR) is 115 cm³/mol. The van der Waals surface area contributed by atoms with Crippen molar-refractivity contribution in [2.45, 2.75) is 6.92 Å². The molecule has 29 heavy (non-hydrogen) atoms. The van der Waals surface area contributed by atoms with E-state index >= 15 is 0 Å². The fourth-order valence-corrected chi connectivity index (χ4v) is 2.68. The van der Waals surface area contributed by atoms with E-state index in [4.69, 9.17) is 4.74 Å². The van der Waals surface area contributed by atoms with Gasteiger partial charge in [0.1, 0.15) is 13.2 Å². The minimum Gasteiger partial charge on any atom is -0.362 e. The molecule has 3 aromatic carbocycles. The molecule has 0 saturated heterocycles. The first-order valence-electron chi connectivity index (χ1n) is 9.25. The van der Waals surface area contributed by atoms with Gasteiger partial charge in [-0.05, 0) is 61.0 Å². The second-order valence-corrected chi connectivity index (χ2v) is 6.53. The number of carbonyl (C=O) groups excluding carboxylic acids is 2. The maximum absolute atomic E-state index is 12.0. The first kappa shape index (κ1) is 20.1. The molecule has 0 unspecified atom stereocenters. The van der Waals surface area contributed by atoms with Crippen molar-refractivity contribution < 1.29 is 14.3 Å². The summed E-state index contributed by atoms with van der Waals surface area (Å²) in [6, 6.07) is 24.6. The van der Waals surface area contributed by atoms with Crippen LogP contribution in [0.4, 0.5) is 22.7 Å². The molecule has 2 amide bonds. The molecule has 0 radical (unpaired) electrons. The number of para-hydroxylation sites is 1. The summed E-state index contributed by atoms with van der Waals surface area (Å²) in [6.07, 6.45) is 0. The molecule has 0 saturated carbocycles. The molecule has 3 N–H and O–H groups in total. The molecule has 6 nitrogen and oxygen atoms in total. The van der Waals surface area contributed by atoms with Crippen molar-refractivity contribution in [1.29, 1.82) is 0 Å². The number of carbonyl (C=O) groups is 2. The molecule has 0 spiro atoms. The van der Waals surface area contributed by atoms with Gasteiger partial charge in [-0.15, -0.1) is 0 Å². The Morgan fingerprint density at radius 1 is 0.690 bits per heavy atom. The second-order valence-electron chi connectivity index (χ2n) is 6.53.